The lowest BCUT2D eigenvalue weighted by Crippen LogP contribution is -2.36. The van der Waals surface area contributed by atoms with E-state index >= 15 is 0 Å². The van der Waals surface area contributed by atoms with Crippen LogP contribution in [0.4, 0.5) is 0 Å². The normalized spacial score (nSPS) is 14.4. The first-order chi connectivity index (χ1) is 15.9. The van der Waals surface area contributed by atoms with Crippen molar-refractivity contribution in [3.05, 3.63) is 75.5 Å². The SMILES string of the molecule is COC(=O)C(C)CN1CCc2nc(-c3ccc(OCc4cc(Cl)cc(Cl)c4)cc3)ncc2C1. The Kier molecular flexibility index (Phi) is 7.48. The molecule has 1 aliphatic rings. The quantitative estimate of drug-likeness (QED) is 0.428. The van der Waals surface area contributed by atoms with E-state index in [-0.39, 0.29) is 11.9 Å². The Hall–Kier alpha value is -2.67. The lowest BCUT2D eigenvalue weighted by Gasteiger charge is -2.29. The van der Waals surface area contributed by atoms with Gasteiger partial charge in [0.2, 0.25) is 0 Å². The number of hydrogen-bond donors (Lipinski definition) is 0. The Morgan fingerprint density at radius 1 is 1.15 bits per heavy atom. The summed E-state index contributed by atoms with van der Waals surface area (Å²) < 4.78 is 10.7. The first kappa shape index (κ1) is 23.5. The van der Waals surface area contributed by atoms with Gasteiger partial charge in [0.15, 0.2) is 5.82 Å². The van der Waals surface area contributed by atoms with Crippen LogP contribution in [-0.4, -0.2) is 41.0 Å². The van der Waals surface area contributed by atoms with Gasteiger partial charge in [-0.2, -0.15) is 0 Å². The number of aromatic nitrogens is 2. The number of rotatable bonds is 7. The highest BCUT2D eigenvalue weighted by molar-refractivity contribution is 6.34. The number of esters is 1. The average Bonchev–Trinajstić information content (AvgIpc) is 2.81. The number of fused-ring (bicyclic) bond motifs is 1. The smallest absolute Gasteiger partial charge is 0.309 e. The van der Waals surface area contributed by atoms with Crippen LogP contribution in [0.1, 0.15) is 23.7 Å². The number of halogens is 2. The molecule has 0 spiro atoms. The van der Waals surface area contributed by atoms with E-state index in [0.717, 1.165) is 47.6 Å². The van der Waals surface area contributed by atoms with E-state index in [1.165, 1.54) is 7.11 Å². The van der Waals surface area contributed by atoms with Gasteiger partial charge in [0.25, 0.3) is 0 Å². The maximum absolute atomic E-state index is 11.7. The summed E-state index contributed by atoms with van der Waals surface area (Å²) in [7, 11) is 1.42. The van der Waals surface area contributed by atoms with Crippen molar-refractivity contribution >= 4 is 29.2 Å². The zero-order valence-electron chi connectivity index (χ0n) is 18.6. The molecule has 1 aromatic heterocycles. The molecule has 0 amide bonds. The highest BCUT2D eigenvalue weighted by Gasteiger charge is 2.23. The molecule has 2 heterocycles. The largest absolute Gasteiger partial charge is 0.489 e. The third kappa shape index (κ3) is 6.02. The molecule has 1 unspecified atom stereocenters. The molecule has 172 valence electrons. The Morgan fingerprint density at radius 2 is 1.88 bits per heavy atom. The second-order valence-electron chi connectivity index (χ2n) is 8.17. The fourth-order valence-corrected chi connectivity index (χ4v) is 4.46. The monoisotopic (exact) mass is 485 g/mol. The molecule has 3 aromatic rings. The van der Waals surface area contributed by atoms with Gasteiger partial charge in [-0.3, -0.25) is 9.69 Å². The number of ether oxygens (including phenoxy) is 2. The highest BCUT2D eigenvalue weighted by Crippen LogP contribution is 2.25. The molecule has 1 aliphatic heterocycles. The van der Waals surface area contributed by atoms with E-state index in [9.17, 15) is 4.79 Å². The second-order valence-corrected chi connectivity index (χ2v) is 9.04. The minimum absolute atomic E-state index is 0.159. The Balaban J connectivity index is 1.38. The topological polar surface area (TPSA) is 64.5 Å². The molecule has 1 atom stereocenters. The zero-order valence-corrected chi connectivity index (χ0v) is 20.1. The number of carbonyl (C=O) groups excluding carboxylic acids is 1. The Bertz CT molecular complexity index is 1120. The van der Waals surface area contributed by atoms with Crippen molar-refractivity contribution in [3.8, 4) is 17.1 Å². The number of carbonyl (C=O) groups is 1. The molecule has 8 heteroatoms. The van der Waals surface area contributed by atoms with E-state index in [2.05, 4.69) is 9.88 Å². The van der Waals surface area contributed by atoms with Crippen molar-refractivity contribution in [3.63, 3.8) is 0 Å². The predicted molar refractivity (Wildman–Crippen MR) is 128 cm³/mol. The fraction of sp³-hybridized carbons (Fsp3) is 0.320. The van der Waals surface area contributed by atoms with Crippen LogP contribution >= 0.6 is 23.2 Å². The van der Waals surface area contributed by atoms with Gasteiger partial charge < -0.3 is 9.47 Å². The van der Waals surface area contributed by atoms with Gasteiger partial charge >= 0.3 is 5.97 Å². The van der Waals surface area contributed by atoms with Crippen LogP contribution in [0.3, 0.4) is 0 Å². The lowest BCUT2D eigenvalue weighted by molar-refractivity contribution is -0.145. The van der Waals surface area contributed by atoms with Crippen LogP contribution < -0.4 is 4.74 Å². The van der Waals surface area contributed by atoms with E-state index in [1.807, 2.05) is 49.5 Å². The first-order valence-corrected chi connectivity index (χ1v) is 11.5. The van der Waals surface area contributed by atoms with Crippen LogP contribution in [0.2, 0.25) is 10.0 Å². The summed E-state index contributed by atoms with van der Waals surface area (Å²) in [6.07, 6.45) is 2.71. The van der Waals surface area contributed by atoms with Crippen molar-refractivity contribution < 1.29 is 14.3 Å². The lowest BCUT2D eigenvalue weighted by atomic mass is 10.0. The van der Waals surface area contributed by atoms with Crippen LogP contribution in [-0.2, 0) is 29.1 Å². The van der Waals surface area contributed by atoms with Crippen LogP contribution in [0.15, 0.2) is 48.7 Å². The molecule has 0 saturated carbocycles. The molecule has 0 N–H and O–H groups in total. The molecule has 0 fully saturated rings. The second kappa shape index (κ2) is 10.5. The minimum Gasteiger partial charge on any atom is -0.489 e. The molecule has 4 rings (SSSR count). The number of methoxy groups -OCH3 is 1. The predicted octanol–water partition coefficient (Wildman–Crippen LogP) is 5.20. The molecule has 0 bridgehead atoms. The van der Waals surface area contributed by atoms with E-state index in [4.69, 9.17) is 37.7 Å². The van der Waals surface area contributed by atoms with Crippen LogP contribution in [0, 0.1) is 5.92 Å². The molecular weight excluding hydrogens is 461 g/mol. The maximum atomic E-state index is 11.7. The molecule has 2 aromatic carbocycles. The fourth-order valence-electron chi connectivity index (χ4n) is 3.89. The number of hydrogen-bond acceptors (Lipinski definition) is 6. The summed E-state index contributed by atoms with van der Waals surface area (Å²) in [5.74, 6) is 1.09. The van der Waals surface area contributed by atoms with Gasteiger partial charge in [-0.15, -0.1) is 0 Å². The van der Waals surface area contributed by atoms with Crippen molar-refractivity contribution in [1.29, 1.82) is 0 Å². The van der Waals surface area contributed by atoms with Crippen molar-refractivity contribution in [2.45, 2.75) is 26.5 Å². The van der Waals surface area contributed by atoms with E-state index < -0.39 is 0 Å². The van der Waals surface area contributed by atoms with E-state index in [0.29, 0.717) is 29.0 Å². The summed E-state index contributed by atoms with van der Waals surface area (Å²) in [6, 6.07) is 13.1. The summed E-state index contributed by atoms with van der Waals surface area (Å²) >= 11 is 12.1. The molecule has 0 saturated heterocycles. The van der Waals surface area contributed by atoms with Gasteiger partial charge in [-0.05, 0) is 48.0 Å². The number of nitrogens with zero attached hydrogens (tertiary/aromatic N) is 3. The summed E-state index contributed by atoms with van der Waals surface area (Å²) in [6.45, 7) is 4.51. The van der Waals surface area contributed by atoms with Gasteiger partial charge in [-0.1, -0.05) is 30.1 Å². The van der Waals surface area contributed by atoms with Crippen LogP contribution in [0.5, 0.6) is 5.75 Å². The van der Waals surface area contributed by atoms with E-state index in [1.54, 1.807) is 6.07 Å². The van der Waals surface area contributed by atoms with Crippen LogP contribution in [0.25, 0.3) is 11.4 Å². The van der Waals surface area contributed by atoms with Gasteiger partial charge in [0, 0.05) is 53.4 Å². The minimum atomic E-state index is -0.184. The van der Waals surface area contributed by atoms with Gasteiger partial charge in [-0.25, -0.2) is 9.97 Å². The molecule has 0 radical (unpaired) electrons. The van der Waals surface area contributed by atoms with Crippen molar-refractivity contribution in [1.82, 2.24) is 14.9 Å². The standard InChI is InChI=1S/C25H25Cl2N3O3/c1-16(25(31)32-2)13-30-8-7-23-19(14-30)12-28-24(29-23)18-3-5-22(6-4-18)33-15-17-9-20(26)11-21(27)10-17/h3-6,9-12,16H,7-8,13-15H2,1-2H3. The summed E-state index contributed by atoms with van der Waals surface area (Å²) in [5.41, 5.74) is 3.99. The first-order valence-electron chi connectivity index (χ1n) is 10.7. The Morgan fingerprint density at radius 3 is 2.58 bits per heavy atom. The Labute approximate surface area is 203 Å². The summed E-state index contributed by atoms with van der Waals surface area (Å²) in [4.78, 5) is 23.3. The number of benzene rings is 2. The molecular formula is C25H25Cl2N3O3. The maximum Gasteiger partial charge on any atom is 0.309 e. The molecule has 0 aliphatic carbocycles. The molecule has 33 heavy (non-hydrogen) atoms. The highest BCUT2D eigenvalue weighted by atomic mass is 35.5. The average molecular weight is 486 g/mol. The summed E-state index contributed by atoms with van der Waals surface area (Å²) in [5, 5.41) is 1.17. The zero-order chi connectivity index (χ0) is 23.4. The van der Waals surface area contributed by atoms with Gasteiger partial charge in [0.05, 0.1) is 18.7 Å². The van der Waals surface area contributed by atoms with Crippen molar-refractivity contribution in [2.75, 3.05) is 20.2 Å². The third-order valence-corrected chi connectivity index (χ3v) is 6.03. The van der Waals surface area contributed by atoms with Gasteiger partial charge in [0.1, 0.15) is 12.4 Å². The van der Waals surface area contributed by atoms with Crippen molar-refractivity contribution in [2.24, 2.45) is 5.92 Å². The third-order valence-electron chi connectivity index (χ3n) is 5.59. The molecule has 6 nitrogen and oxygen atoms in total.